The van der Waals surface area contributed by atoms with E-state index >= 15 is 0 Å². The molecule has 0 unspecified atom stereocenters. The van der Waals surface area contributed by atoms with Gasteiger partial charge in [0, 0.05) is 25.1 Å². The van der Waals surface area contributed by atoms with Crippen LogP contribution in [-0.2, 0) is 24.2 Å². The van der Waals surface area contributed by atoms with Crippen LogP contribution < -0.4 is 5.32 Å². The minimum Gasteiger partial charge on any atom is -0.354 e. The second-order valence-electron chi connectivity index (χ2n) is 7.68. The summed E-state index contributed by atoms with van der Waals surface area (Å²) in [6.07, 6.45) is 2.28. The smallest absolute Gasteiger partial charge is 0.255 e. The Morgan fingerprint density at radius 3 is 2.20 bits per heavy atom. The molecule has 0 spiro atoms. The average Bonchev–Trinajstić information content (AvgIpc) is 3.13. The van der Waals surface area contributed by atoms with Gasteiger partial charge in [-0.2, -0.15) is 0 Å². The number of fused-ring (bicyclic) bond motifs is 1. The van der Waals surface area contributed by atoms with Gasteiger partial charge in [0.05, 0.1) is 0 Å². The van der Waals surface area contributed by atoms with Crippen molar-refractivity contribution in [1.82, 2.24) is 10.2 Å². The van der Waals surface area contributed by atoms with Gasteiger partial charge < -0.3 is 10.2 Å². The molecule has 1 atom stereocenters. The minimum atomic E-state index is -0.524. The highest BCUT2D eigenvalue weighted by Gasteiger charge is 2.36. The highest BCUT2D eigenvalue weighted by molar-refractivity contribution is 6.01. The van der Waals surface area contributed by atoms with Crippen LogP contribution in [0, 0.1) is 0 Å². The Labute approximate surface area is 177 Å². The Morgan fingerprint density at radius 2 is 1.50 bits per heavy atom. The fourth-order valence-electron chi connectivity index (χ4n) is 3.98. The van der Waals surface area contributed by atoms with Crippen molar-refractivity contribution in [2.24, 2.45) is 0 Å². The fraction of sp³-hybridized carbons (Fsp3) is 0.231. The van der Waals surface area contributed by atoms with E-state index in [0.717, 1.165) is 24.0 Å². The van der Waals surface area contributed by atoms with E-state index in [2.05, 4.69) is 17.4 Å². The lowest BCUT2D eigenvalue weighted by Crippen LogP contribution is -2.48. The molecule has 0 aliphatic carbocycles. The molecule has 1 aliphatic heterocycles. The first-order valence-electron chi connectivity index (χ1n) is 10.5. The lowest BCUT2D eigenvalue weighted by molar-refractivity contribution is -0.125. The van der Waals surface area contributed by atoms with Crippen LogP contribution >= 0.6 is 0 Å². The van der Waals surface area contributed by atoms with Crippen molar-refractivity contribution in [1.29, 1.82) is 0 Å². The first-order valence-corrected chi connectivity index (χ1v) is 10.5. The van der Waals surface area contributed by atoms with Gasteiger partial charge in [0.15, 0.2) is 0 Å². The number of carbonyl (C=O) groups excluding carboxylic acids is 2. The van der Waals surface area contributed by atoms with Crippen LogP contribution in [0.2, 0.25) is 0 Å². The van der Waals surface area contributed by atoms with Gasteiger partial charge in [-0.05, 0) is 35.6 Å². The SMILES string of the molecule is O=C(NCCCc1ccccc1)[C@H](Cc1ccccc1)N1Cc2ccccc2C1=O. The monoisotopic (exact) mass is 398 g/mol. The van der Waals surface area contributed by atoms with Gasteiger partial charge in [0.2, 0.25) is 5.91 Å². The number of carbonyl (C=O) groups is 2. The number of aryl methyl sites for hydroxylation is 1. The zero-order chi connectivity index (χ0) is 20.8. The molecular weight excluding hydrogens is 372 g/mol. The molecule has 0 bridgehead atoms. The number of amides is 2. The predicted molar refractivity (Wildman–Crippen MR) is 118 cm³/mol. The van der Waals surface area contributed by atoms with Crippen molar-refractivity contribution in [3.63, 3.8) is 0 Å². The van der Waals surface area contributed by atoms with Crippen molar-refractivity contribution in [3.05, 3.63) is 107 Å². The predicted octanol–water partition coefficient (Wildman–Crippen LogP) is 4.00. The number of nitrogens with zero attached hydrogens (tertiary/aromatic N) is 1. The van der Waals surface area contributed by atoms with E-state index in [-0.39, 0.29) is 11.8 Å². The summed E-state index contributed by atoms with van der Waals surface area (Å²) in [6.45, 7) is 1.07. The molecule has 30 heavy (non-hydrogen) atoms. The summed E-state index contributed by atoms with van der Waals surface area (Å²) in [5, 5.41) is 3.06. The summed E-state index contributed by atoms with van der Waals surface area (Å²) < 4.78 is 0. The summed E-state index contributed by atoms with van der Waals surface area (Å²) >= 11 is 0. The molecule has 3 aromatic rings. The van der Waals surface area contributed by atoms with Crippen molar-refractivity contribution >= 4 is 11.8 Å². The van der Waals surface area contributed by atoms with Gasteiger partial charge in [-0.15, -0.1) is 0 Å². The van der Waals surface area contributed by atoms with E-state index < -0.39 is 6.04 Å². The summed E-state index contributed by atoms with van der Waals surface area (Å²) in [5.41, 5.74) is 3.99. The lowest BCUT2D eigenvalue weighted by atomic mass is 10.0. The van der Waals surface area contributed by atoms with Crippen LogP contribution in [0.3, 0.4) is 0 Å². The lowest BCUT2D eigenvalue weighted by Gasteiger charge is -2.27. The van der Waals surface area contributed by atoms with E-state index in [1.807, 2.05) is 72.8 Å². The molecule has 0 saturated carbocycles. The van der Waals surface area contributed by atoms with E-state index in [1.165, 1.54) is 5.56 Å². The molecule has 0 fully saturated rings. The van der Waals surface area contributed by atoms with Crippen LogP contribution in [0.15, 0.2) is 84.9 Å². The molecule has 1 aliphatic rings. The molecule has 152 valence electrons. The number of hydrogen-bond acceptors (Lipinski definition) is 2. The standard InChI is InChI=1S/C26H26N2O2/c29-25(27-17-9-14-20-10-3-1-4-11-20)24(18-21-12-5-2-6-13-21)28-19-22-15-7-8-16-23(22)26(28)30/h1-8,10-13,15-16,24H,9,14,17-19H2,(H,27,29)/t24-/m0/s1. The van der Waals surface area contributed by atoms with Gasteiger partial charge >= 0.3 is 0 Å². The molecule has 0 aromatic heterocycles. The van der Waals surface area contributed by atoms with Gasteiger partial charge in [-0.1, -0.05) is 78.9 Å². The molecule has 4 heteroatoms. The molecule has 0 saturated heterocycles. The summed E-state index contributed by atoms with van der Waals surface area (Å²) in [5.74, 6) is -0.154. The third-order valence-corrected chi connectivity index (χ3v) is 5.58. The quantitative estimate of drug-likeness (QED) is 0.583. The normalized spacial score (nSPS) is 13.7. The fourth-order valence-corrected chi connectivity index (χ4v) is 3.98. The maximum absolute atomic E-state index is 13.1. The second-order valence-corrected chi connectivity index (χ2v) is 7.68. The van der Waals surface area contributed by atoms with E-state index in [1.54, 1.807) is 4.90 Å². The molecule has 0 radical (unpaired) electrons. The number of rotatable bonds is 8. The van der Waals surface area contributed by atoms with Crippen LogP contribution in [0.4, 0.5) is 0 Å². The van der Waals surface area contributed by atoms with Crippen molar-refractivity contribution in [2.45, 2.75) is 31.8 Å². The molecule has 4 nitrogen and oxygen atoms in total. The van der Waals surface area contributed by atoms with E-state index in [9.17, 15) is 9.59 Å². The Morgan fingerprint density at radius 1 is 0.867 bits per heavy atom. The van der Waals surface area contributed by atoms with Gasteiger partial charge in [-0.3, -0.25) is 9.59 Å². The first-order chi connectivity index (χ1) is 14.7. The van der Waals surface area contributed by atoms with Gasteiger partial charge in [-0.25, -0.2) is 0 Å². The third kappa shape index (κ3) is 4.60. The van der Waals surface area contributed by atoms with E-state index in [4.69, 9.17) is 0 Å². The second kappa shape index (κ2) is 9.40. The Kier molecular flexibility index (Phi) is 6.23. The third-order valence-electron chi connectivity index (χ3n) is 5.58. The Hall–Kier alpha value is -3.40. The zero-order valence-electron chi connectivity index (χ0n) is 17.0. The molecular formula is C26H26N2O2. The number of nitrogens with one attached hydrogen (secondary N) is 1. The first kappa shape index (κ1) is 19.9. The maximum atomic E-state index is 13.1. The molecule has 2 amide bonds. The van der Waals surface area contributed by atoms with Crippen molar-refractivity contribution in [2.75, 3.05) is 6.54 Å². The average molecular weight is 399 g/mol. The summed E-state index contributed by atoms with van der Waals surface area (Å²) in [6, 6.07) is 27.2. The van der Waals surface area contributed by atoms with Crippen molar-refractivity contribution < 1.29 is 9.59 Å². The van der Waals surface area contributed by atoms with Crippen LogP contribution in [0.25, 0.3) is 0 Å². The maximum Gasteiger partial charge on any atom is 0.255 e. The minimum absolute atomic E-state index is 0.0639. The largest absolute Gasteiger partial charge is 0.354 e. The summed E-state index contributed by atoms with van der Waals surface area (Å²) in [7, 11) is 0. The van der Waals surface area contributed by atoms with Crippen LogP contribution in [-0.4, -0.2) is 29.3 Å². The highest BCUT2D eigenvalue weighted by Crippen LogP contribution is 2.26. The number of hydrogen-bond donors (Lipinski definition) is 1. The highest BCUT2D eigenvalue weighted by atomic mass is 16.2. The number of benzene rings is 3. The van der Waals surface area contributed by atoms with Gasteiger partial charge in [0.25, 0.3) is 5.91 Å². The Bertz CT molecular complexity index is 1000. The topological polar surface area (TPSA) is 49.4 Å². The van der Waals surface area contributed by atoms with Crippen LogP contribution in [0.5, 0.6) is 0 Å². The Balaban J connectivity index is 1.44. The molecule has 4 rings (SSSR count). The van der Waals surface area contributed by atoms with Crippen LogP contribution in [0.1, 0.15) is 33.5 Å². The van der Waals surface area contributed by atoms with E-state index in [0.29, 0.717) is 25.1 Å². The molecule has 1 N–H and O–H groups in total. The summed E-state index contributed by atoms with van der Waals surface area (Å²) in [4.78, 5) is 27.8. The molecule has 1 heterocycles. The van der Waals surface area contributed by atoms with Crippen molar-refractivity contribution in [3.8, 4) is 0 Å². The van der Waals surface area contributed by atoms with Gasteiger partial charge in [0.1, 0.15) is 6.04 Å². The zero-order valence-corrected chi connectivity index (χ0v) is 17.0. The molecule has 3 aromatic carbocycles.